The van der Waals surface area contributed by atoms with Gasteiger partial charge in [0.1, 0.15) is 0 Å². The molecule has 0 aliphatic carbocycles. The summed E-state index contributed by atoms with van der Waals surface area (Å²) >= 11 is 0. The molecule has 0 unspecified atom stereocenters. The minimum Gasteiger partial charge on any atom is -1.00 e. The van der Waals surface area contributed by atoms with E-state index >= 15 is 0 Å². The van der Waals surface area contributed by atoms with E-state index in [2.05, 4.69) is 96.7 Å². The summed E-state index contributed by atoms with van der Waals surface area (Å²) in [5.41, 5.74) is 8.79. The summed E-state index contributed by atoms with van der Waals surface area (Å²) in [7, 11) is 0. The van der Waals surface area contributed by atoms with Gasteiger partial charge in [0.15, 0.2) is 0 Å². The maximum atomic E-state index is 4.53. The summed E-state index contributed by atoms with van der Waals surface area (Å²) in [6, 6.07) is 19.0. The number of rotatable bonds is 10. The number of para-hydroxylation sites is 2. The Morgan fingerprint density at radius 2 is 1.12 bits per heavy atom. The zero-order valence-corrected chi connectivity index (χ0v) is 23.2. The van der Waals surface area contributed by atoms with Crippen LogP contribution in [0.4, 0.5) is 11.4 Å². The summed E-state index contributed by atoms with van der Waals surface area (Å²) < 4.78 is 0. The first kappa shape index (κ1) is 31.4. The van der Waals surface area contributed by atoms with Gasteiger partial charge in [-0.2, -0.15) is 0 Å². The normalized spacial score (nSPS) is 9.97. The van der Waals surface area contributed by atoms with Crippen LogP contribution < -0.4 is 35.4 Å². The molecule has 0 aliphatic heterocycles. The molecule has 0 atom stereocenters. The Bertz CT molecular complexity index is 856. The van der Waals surface area contributed by atoms with Gasteiger partial charge < -0.3 is 35.4 Å². The molecule has 0 saturated carbocycles. The molecule has 1 aromatic heterocycles. The average molecular weight is 571 g/mol. The third kappa shape index (κ3) is 9.64. The number of pyridine rings is 1. The van der Waals surface area contributed by atoms with Gasteiger partial charge in [-0.15, -0.1) is 0 Å². The van der Waals surface area contributed by atoms with Crippen molar-refractivity contribution in [1.82, 2.24) is 9.88 Å². The van der Waals surface area contributed by atoms with E-state index in [1.54, 1.807) is 0 Å². The first-order valence-electron chi connectivity index (χ1n) is 10.8. The largest absolute Gasteiger partial charge is 2.00 e. The molecule has 1 radical (unpaired) electrons. The molecule has 0 amide bonds. The van der Waals surface area contributed by atoms with Crippen LogP contribution in [0.5, 0.6) is 0 Å². The molecule has 4 nitrogen and oxygen atoms in total. The summed E-state index contributed by atoms with van der Waals surface area (Å²) in [6.07, 6.45) is 1.87. The molecule has 0 aliphatic rings. The number of anilines is 2. The number of nitrogens with zero attached hydrogens (tertiary/aromatic N) is 2. The second-order valence-corrected chi connectivity index (χ2v) is 7.98. The van der Waals surface area contributed by atoms with Crippen LogP contribution in [0.3, 0.4) is 0 Å². The van der Waals surface area contributed by atoms with Crippen LogP contribution in [0, 0.1) is 27.7 Å². The van der Waals surface area contributed by atoms with E-state index in [0.717, 1.165) is 38.4 Å². The fourth-order valence-corrected chi connectivity index (χ4v) is 3.86. The minimum atomic E-state index is 0. The van der Waals surface area contributed by atoms with E-state index in [0.29, 0.717) is 0 Å². The van der Waals surface area contributed by atoms with E-state index in [1.165, 1.54) is 33.6 Å². The predicted octanol–water partition coefficient (Wildman–Crippen LogP) is -0.653. The summed E-state index contributed by atoms with van der Waals surface area (Å²) in [5.74, 6) is 0. The van der Waals surface area contributed by atoms with Gasteiger partial charge in [-0.05, 0) is 62.1 Å². The Labute approximate surface area is 225 Å². The molecule has 2 N–H and O–H groups in total. The standard InChI is InChI=1S/C26H34N4.2ClH.Tc/c1-20-9-7-10-21(2)25(20)28-15-17-30(19-24-13-5-6-14-27-24)18-16-29-26-22(3)11-8-12-23(26)4;;;/h5-14,28-29H,15-19H2,1-4H3;2*1H;/q;;;+2/p-2. The Balaban J connectivity index is 0.00000341. The van der Waals surface area contributed by atoms with Crippen molar-refractivity contribution in [3.8, 4) is 0 Å². The zero-order chi connectivity index (χ0) is 21.3. The minimum absolute atomic E-state index is 0. The maximum Gasteiger partial charge on any atom is 2.00 e. The van der Waals surface area contributed by atoms with Crippen LogP contribution in [0.2, 0.25) is 0 Å². The first-order chi connectivity index (χ1) is 14.5. The van der Waals surface area contributed by atoms with Crippen molar-refractivity contribution >= 4 is 11.4 Å². The fraction of sp³-hybridized carbons (Fsp3) is 0.346. The van der Waals surface area contributed by atoms with Gasteiger partial charge in [-0.3, -0.25) is 9.88 Å². The molecule has 2 aromatic carbocycles. The number of aryl methyl sites for hydroxylation is 4. The first-order valence-corrected chi connectivity index (χ1v) is 10.8. The number of nitrogens with one attached hydrogen (secondary N) is 2. The molecule has 3 aromatic rings. The van der Waals surface area contributed by atoms with Crippen LogP contribution >= 0.6 is 0 Å². The summed E-state index contributed by atoms with van der Waals surface area (Å²) in [6.45, 7) is 13.2. The second kappa shape index (κ2) is 16.1. The van der Waals surface area contributed by atoms with E-state index < -0.39 is 0 Å². The molecule has 1 heterocycles. The van der Waals surface area contributed by atoms with E-state index in [9.17, 15) is 0 Å². The third-order valence-electron chi connectivity index (χ3n) is 5.53. The summed E-state index contributed by atoms with van der Waals surface area (Å²) in [4.78, 5) is 6.99. The van der Waals surface area contributed by atoms with Crippen molar-refractivity contribution in [3.63, 3.8) is 0 Å². The van der Waals surface area contributed by atoms with Gasteiger partial charge in [-0.1, -0.05) is 42.5 Å². The Hall–Kier alpha value is -1.62. The van der Waals surface area contributed by atoms with Crippen LogP contribution in [0.15, 0.2) is 60.8 Å². The monoisotopic (exact) mass is 569 g/mol. The van der Waals surface area contributed by atoms with Crippen LogP contribution in [-0.2, 0) is 26.7 Å². The molecule has 0 spiro atoms. The van der Waals surface area contributed by atoms with E-state index in [1.807, 2.05) is 12.3 Å². The molecule has 0 bridgehead atoms. The van der Waals surface area contributed by atoms with Crippen molar-refractivity contribution < 1.29 is 44.9 Å². The number of aromatic nitrogens is 1. The van der Waals surface area contributed by atoms with Gasteiger partial charge in [0.25, 0.3) is 0 Å². The Morgan fingerprint density at radius 3 is 1.52 bits per heavy atom. The molecule has 3 rings (SSSR count). The molecule has 0 saturated heterocycles. The third-order valence-corrected chi connectivity index (χ3v) is 5.53. The van der Waals surface area contributed by atoms with Crippen molar-refractivity contribution in [2.45, 2.75) is 34.2 Å². The molecular weight excluding hydrogens is 537 g/mol. The zero-order valence-electron chi connectivity index (χ0n) is 19.8. The predicted molar refractivity (Wildman–Crippen MR) is 128 cm³/mol. The van der Waals surface area contributed by atoms with Gasteiger partial charge >= 0.3 is 20.1 Å². The van der Waals surface area contributed by atoms with Gasteiger partial charge in [0, 0.05) is 50.3 Å². The van der Waals surface area contributed by atoms with Crippen molar-refractivity contribution in [3.05, 3.63) is 88.7 Å². The summed E-state index contributed by atoms with van der Waals surface area (Å²) in [5, 5.41) is 7.28. The quantitative estimate of drug-likeness (QED) is 0.340. The van der Waals surface area contributed by atoms with E-state index in [-0.39, 0.29) is 44.9 Å². The smallest absolute Gasteiger partial charge is 1.00 e. The molecule has 33 heavy (non-hydrogen) atoms. The number of hydrogen-bond donors (Lipinski definition) is 2. The fourth-order valence-electron chi connectivity index (χ4n) is 3.86. The van der Waals surface area contributed by atoms with Crippen LogP contribution in [-0.4, -0.2) is 36.1 Å². The van der Waals surface area contributed by atoms with Crippen LogP contribution in [0.1, 0.15) is 27.9 Å². The van der Waals surface area contributed by atoms with Gasteiger partial charge in [0.2, 0.25) is 0 Å². The molecule has 0 fully saturated rings. The maximum absolute atomic E-state index is 4.53. The Kier molecular flexibility index (Phi) is 15.3. The van der Waals surface area contributed by atoms with E-state index in [4.69, 9.17) is 0 Å². The molecular formula is C26H34Cl2N4Tc. The van der Waals surface area contributed by atoms with Crippen molar-refractivity contribution in [1.29, 1.82) is 0 Å². The molecule has 179 valence electrons. The Morgan fingerprint density at radius 1 is 0.667 bits per heavy atom. The SMILES string of the molecule is Cc1cccc(C)c1NCCN(CCNc1c(C)cccc1C)Cc1ccccn1.[Cl-].[Cl-].[Tc+2]. The number of halogens is 2. The number of benzene rings is 2. The second-order valence-electron chi connectivity index (χ2n) is 7.98. The average Bonchev–Trinajstić information content (AvgIpc) is 2.73. The number of hydrogen-bond acceptors (Lipinski definition) is 4. The van der Waals surface area contributed by atoms with Crippen molar-refractivity contribution in [2.75, 3.05) is 36.8 Å². The van der Waals surface area contributed by atoms with Gasteiger partial charge in [0.05, 0.1) is 5.69 Å². The van der Waals surface area contributed by atoms with Crippen molar-refractivity contribution in [2.24, 2.45) is 0 Å². The molecule has 7 heteroatoms. The topological polar surface area (TPSA) is 40.2 Å². The van der Waals surface area contributed by atoms with Gasteiger partial charge in [-0.25, -0.2) is 0 Å². The van der Waals surface area contributed by atoms with Crippen LogP contribution in [0.25, 0.3) is 0 Å².